The maximum absolute atomic E-state index is 12.2. The smallest absolute Gasteiger partial charge is 0.247 e. The zero-order valence-corrected chi connectivity index (χ0v) is 13.2. The summed E-state index contributed by atoms with van der Waals surface area (Å²) in [5, 5.41) is 21.3. The highest BCUT2D eigenvalue weighted by Crippen LogP contribution is 2.37. The summed E-state index contributed by atoms with van der Waals surface area (Å²) in [6.45, 7) is 2.57. The minimum Gasteiger partial charge on any atom is -0.393 e. The maximum Gasteiger partial charge on any atom is 0.247 e. The molecule has 1 saturated carbocycles. The molecule has 0 spiro atoms. The summed E-state index contributed by atoms with van der Waals surface area (Å²) < 4.78 is 1.91. The summed E-state index contributed by atoms with van der Waals surface area (Å²) in [6, 6.07) is 0. The summed E-state index contributed by atoms with van der Waals surface area (Å²) in [5.41, 5.74) is 2.15. The molecule has 2 aliphatic rings. The molecule has 0 unspecified atom stereocenters. The molecule has 2 aliphatic carbocycles. The summed E-state index contributed by atoms with van der Waals surface area (Å²) in [6.07, 6.45) is 5.82. The molecule has 1 fully saturated rings. The van der Waals surface area contributed by atoms with Crippen LogP contribution in [0.25, 0.3) is 0 Å². The second-order valence-corrected chi connectivity index (χ2v) is 6.62. The lowest BCUT2D eigenvalue weighted by Gasteiger charge is -2.15. The van der Waals surface area contributed by atoms with Crippen LogP contribution in [0.4, 0.5) is 0 Å². The van der Waals surface area contributed by atoms with Gasteiger partial charge in [0.05, 0.1) is 6.10 Å². The van der Waals surface area contributed by atoms with Crippen molar-refractivity contribution >= 4 is 5.91 Å². The van der Waals surface area contributed by atoms with Crippen molar-refractivity contribution in [3.05, 3.63) is 23.3 Å². The Labute approximate surface area is 130 Å². The van der Waals surface area contributed by atoms with E-state index in [0.717, 1.165) is 37.1 Å². The molecule has 2 N–H and O–H groups in total. The fraction of sp³-hybridized carbons (Fsp3) is 0.688. The number of amides is 1. The van der Waals surface area contributed by atoms with Gasteiger partial charge in [-0.2, -0.15) is 0 Å². The third-order valence-corrected chi connectivity index (χ3v) is 5.06. The molecule has 3 atom stereocenters. The molecule has 1 aromatic heterocycles. The third-order valence-electron chi connectivity index (χ3n) is 5.06. The number of carbonyl (C=O) groups is 1. The van der Waals surface area contributed by atoms with Crippen LogP contribution in [0.2, 0.25) is 0 Å². The monoisotopic (exact) mass is 304 g/mol. The van der Waals surface area contributed by atoms with Crippen LogP contribution in [0.5, 0.6) is 0 Å². The normalized spacial score (nSPS) is 28.4. The van der Waals surface area contributed by atoms with Gasteiger partial charge < -0.3 is 15.0 Å². The van der Waals surface area contributed by atoms with Gasteiger partial charge in [-0.3, -0.25) is 4.79 Å². The number of rotatable bonds is 4. The first kappa shape index (κ1) is 15.2. The number of carbonyl (C=O) groups excluding carboxylic acids is 1. The van der Waals surface area contributed by atoms with Crippen LogP contribution in [0.3, 0.4) is 0 Å². The van der Waals surface area contributed by atoms with Gasteiger partial charge in [-0.15, -0.1) is 10.2 Å². The number of aromatic nitrogens is 3. The van der Waals surface area contributed by atoms with Crippen molar-refractivity contribution in [2.45, 2.75) is 51.0 Å². The molecule has 120 valence electrons. The standard InChI is InChI=1S/C16H24N4O2/c1-10-4-3-5-13(10)16(22)17-8-12-6-11(7-14(12)21)15-19-18-9-20(15)2/h9,11-12,14,21H,3-8H2,1-2H3,(H,17,22)/t11-,12+,14+/m0/s1. The topological polar surface area (TPSA) is 80.0 Å². The van der Waals surface area contributed by atoms with Gasteiger partial charge >= 0.3 is 0 Å². The largest absolute Gasteiger partial charge is 0.393 e. The average Bonchev–Trinajstić information content (AvgIpc) is 3.17. The highest BCUT2D eigenvalue weighted by molar-refractivity contribution is 5.94. The van der Waals surface area contributed by atoms with Crippen LogP contribution in [-0.2, 0) is 11.8 Å². The lowest BCUT2D eigenvalue weighted by Crippen LogP contribution is -2.33. The van der Waals surface area contributed by atoms with Crippen molar-refractivity contribution in [2.75, 3.05) is 6.54 Å². The van der Waals surface area contributed by atoms with Crippen LogP contribution >= 0.6 is 0 Å². The fourth-order valence-electron chi connectivity index (χ4n) is 3.73. The first-order valence-corrected chi connectivity index (χ1v) is 8.05. The Balaban J connectivity index is 1.56. The van der Waals surface area contributed by atoms with Crippen molar-refractivity contribution in [2.24, 2.45) is 13.0 Å². The van der Waals surface area contributed by atoms with Crippen molar-refractivity contribution in [3.63, 3.8) is 0 Å². The number of aliphatic hydroxyl groups is 1. The van der Waals surface area contributed by atoms with E-state index in [1.165, 1.54) is 5.57 Å². The molecule has 6 nitrogen and oxygen atoms in total. The summed E-state index contributed by atoms with van der Waals surface area (Å²) in [5.74, 6) is 1.27. The molecular weight excluding hydrogens is 280 g/mol. The molecule has 0 radical (unpaired) electrons. The van der Waals surface area contributed by atoms with E-state index in [1.54, 1.807) is 6.33 Å². The number of nitrogens with zero attached hydrogens (tertiary/aromatic N) is 3. The summed E-state index contributed by atoms with van der Waals surface area (Å²) in [4.78, 5) is 12.2. The van der Waals surface area contributed by atoms with Gasteiger partial charge in [-0.1, -0.05) is 5.57 Å². The van der Waals surface area contributed by atoms with E-state index < -0.39 is 0 Å². The molecule has 3 rings (SSSR count). The van der Waals surface area contributed by atoms with Gasteiger partial charge in [0.25, 0.3) is 0 Å². The quantitative estimate of drug-likeness (QED) is 0.878. The highest BCUT2D eigenvalue weighted by Gasteiger charge is 2.36. The van der Waals surface area contributed by atoms with E-state index in [1.807, 2.05) is 18.5 Å². The Morgan fingerprint density at radius 1 is 1.45 bits per heavy atom. The molecule has 0 aliphatic heterocycles. The molecule has 0 saturated heterocycles. The number of nitrogens with one attached hydrogen (secondary N) is 1. The van der Waals surface area contributed by atoms with Gasteiger partial charge in [0.1, 0.15) is 12.2 Å². The van der Waals surface area contributed by atoms with E-state index in [9.17, 15) is 9.90 Å². The zero-order chi connectivity index (χ0) is 15.7. The lowest BCUT2D eigenvalue weighted by molar-refractivity contribution is -0.117. The number of allylic oxidation sites excluding steroid dienone is 1. The van der Waals surface area contributed by atoms with Crippen LogP contribution < -0.4 is 5.32 Å². The second kappa shape index (κ2) is 6.20. The fourth-order valence-corrected chi connectivity index (χ4v) is 3.73. The number of hydrogen-bond acceptors (Lipinski definition) is 4. The number of aliphatic hydroxyl groups excluding tert-OH is 1. The van der Waals surface area contributed by atoms with Crippen LogP contribution in [0.1, 0.15) is 50.8 Å². The van der Waals surface area contributed by atoms with Gasteiger partial charge in [0.2, 0.25) is 5.91 Å². The van der Waals surface area contributed by atoms with Crippen LogP contribution in [0, 0.1) is 5.92 Å². The van der Waals surface area contributed by atoms with Gasteiger partial charge in [0.15, 0.2) is 0 Å². The molecule has 1 amide bonds. The van der Waals surface area contributed by atoms with Crippen LogP contribution in [0.15, 0.2) is 17.5 Å². The van der Waals surface area contributed by atoms with E-state index >= 15 is 0 Å². The van der Waals surface area contributed by atoms with Crippen molar-refractivity contribution in [1.82, 2.24) is 20.1 Å². The zero-order valence-electron chi connectivity index (χ0n) is 13.2. The maximum atomic E-state index is 12.2. The molecule has 0 bridgehead atoms. The second-order valence-electron chi connectivity index (χ2n) is 6.62. The average molecular weight is 304 g/mol. The third kappa shape index (κ3) is 2.92. The Morgan fingerprint density at radius 2 is 2.27 bits per heavy atom. The Hall–Kier alpha value is -1.69. The number of hydrogen-bond donors (Lipinski definition) is 2. The van der Waals surface area contributed by atoms with E-state index in [2.05, 4.69) is 15.5 Å². The number of aryl methyl sites for hydroxylation is 1. The molecular formula is C16H24N4O2. The van der Waals surface area contributed by atoms with Gasteiger partial charge in [-0.25, -0.2) is 0 Å². The van der Waals surface area contributed by atoms with Crippen molar-refractivity contribution < 1.29 is 9.90 Å². The Morgan fingerprint density at radius 3 is 2.91 bits per heavy atom. The summed E-state index contributed by atoms with van der Waals surface area (Å²) in [7, 11) is 1.92. The Bertz CT molecular complexity index is 593. The molecule has 22 heavy (non-hydrogen) atoms. The molecule has 6 heteroatoms. The van der Waals surface area contributed by atoms with Crippen molar-refractivity contribution in [1.29, 1.82) is 0 Å². The first-order chi connectivity index (χ1) is 10.6. The van der Waals surface area contributed by atoms with Crippen LogP contribution in [-0.4, -0.2) is 38.4 Å². The summed E-state index contributed by atoms with van der Waals surface area (Å²) >= 11 is 0. The minimum atomic E-state index is -0.388. The molecule has 1 aromatic rings. The lowest BCUT2D eigenvalue weighted by atomic mass is 10.0. The SMILES string of the molecule is CC1=C(C(=O)NC[C@H]2C[C@H](c3nncn3C)C[C@H]2O)CCC1. The Kier molecular flexibility index (Phi) is 4.29. The van der Waals surface area contributed by atoms with Crippen molar-refractivity contribution in [3.8, 4) is 0 Å². The van der Waals surface area contributed by atoms with E-state index in [-0.39, 0.29) is 23.8 Å². The van der Waals surface area contributed by atoms with Gasteiger partial charge in [0, 0.05) is 31.0 Å². The van der Waals surface area contributed by atoms with E-state index in [0.29, 0.717) is 13.0 Å². The molecule has 1 heterocycles. The first-order valence-electron chi connectivity index (χ1n) is 8.05. The predicted octanol–water partition coefficient (Wildman–Crippen LogP) is 1.29. The minimum absolute atomic E-state index is 0.0457. The van der Waals surface area contributed by atoms with Gasteiger partial charge in [-0.05, 0) is 39.0 Å². The highest BCUT2D eigenvalue weighted by atomic mass is 16.3. The predicted molar refractivity (Wildman–Crippen MR) is 82.0 cm³/mol. The molecule has 0 aromatic carbocycles. The van der Waals surface area contributed by atoms with E-state index in [4.69, 9.17) is 0 Å².